The van der Waals surface area contributed by atoms with E-state index in [1.54, 1.807) is 0 Å². The minimum atomic E-state index is -4.79. The average Bonchev–Trinajstić information content (AvgIpc) is 3.20. The van der Waals surface area contributed by atoms with Crippen LogP contribution >= 0.6 is 7.82 Å². The van der Waals surface area contributed by atoms with Gasteiger partial charge in [0.1, 0.15) is 6.61 Å². The van der Waals surface area contributed by atoms with Gasteiger partial charge < -0.3 is 19.3 Å². The van der Waals surface area contributed by atoms with Crippen molar-refractivity contribution in [2.45, 2.75) is 161 Å². The van der Waals surface area contributed by atoms with Crippen molar-refractivity contribution in [1.82, 2.24) is 0 Å². The van der Waals surface area contributed by atoms with Crippen LogP contribution in [0.4, 0.5) is 0 Å². The molecule has 58 heavy (non-hydrogen) atoms. The smallest absolute Gasteiger partial charge is 0.462 e. The molecule has 0 spiro atoms. The highest BCUT2D eigenvalue weighted by Gasteiger charge is 2.22. The van der Waals surface area contributed by atoms with E-state index in [1.807, 2.05) is 12.2 Å². The Balaban J connectivity index is 4.06. The standard InChI is InChI=1S/C49H77O8P/c1-3-5-7-9-11-13-15-17-19-21-23-24-26-27-29-31-33-35-37-39-41-43-48(50)55-45-47(46-56-58(52,53)54)57-49(51)44-42-40-38-36-34-32-30-28-25-22-20-18-16-14-12-10-8-6-4-2/h5-8,11-14,17-20,23-25,28,32,34,38,40,47H,3-4,9-10,15-16,21-22,26-27,29-31,33,35-37,39,41-46H2,1-2H3,(H2,52,53,54)/b7-5-,8-6-,13-11-,14-12-,19-17-,20-18-,24-23-,28-25-,34-32-,40-38-. The van der Waals surface area contributed by atoms with E-state index in [2.05, 4.69) is 128 Å². The maximum Gasteiger partial charge on any atom is 0.469 e. The summed E-state index contributed by atoms with van der Waals surface area (Å²) in [6.45, 7) is 3.38. The maximum atomic E-state index is 12.4. The number of phosphoric ester groups is 1. The predicted octanol–water partition coefficient (Wildman–Crippen LogP) is 13.7. The quantitative estimate of drug-likeness (QED) is 0.0273. The largest absolute Gasteiger partial charge is 0.469 e. The summed E-state index contributed by atoms with van der Waals surface area (Å²) < 4.78 is 26.3. The molecule has 0 aromatic heterocycles. The highest BCUT2D eigenvalue weighted by atomic mass is 31.2. The van der Waals surface area contributed by atoms with Gasteiger partial charge in [-0.2, -0.15) is 0 Å². The lowest BCUT2D eigenvalue weighted by molar-refractivity contribution is -0.161. The van der Waals surface area contributed by atoms with E-state index >= 15 is 0 Å². The fourth-order valence-corrected chi connectivity index (χ4v) is 5.69. The van der Waals surface area contributed by atoms with E-state index in [-0.39, 0.29) is 19.4 Å². The summed E-state index contributed by atoms with van der Waals surface area (Å²) in [5.41, 5.74) is 0. The van der Waals surface area contributed by atoms with Gasteiger partial charge in [0, 0.05) is 12.8 Å². The Morgan fingerprint density at radius 2 is 0.810 bits per heavy atom. The molecule has 0 saturated carbocycles. The van der Waals surface area contributed by atoms with Crippen LogP contribution < -0.4 is 0 Å². The van der Waals surface area contributed by atoms with Crippen molar-refractivity contribution in [2.24, 2.45) is 0 Å². The van der Waals surface area contributed by atoms with Crippen molar-refractivity contribution in [3.8, 4) is 0 Å². The van der Waals surface area contributed by atoms with Gasteiger partial charge in [0.05, 0.1) is 6.61 Å². The van der Waals surface area contributed by atoms with Crippen molar-refractivity contribution in [1.29, 1.82) is 0 Å². The molecular weight excluding hydrogens is 748 g/mol. The summed E-state index contributed by atoms with van der Waals surface area (Å²) in [6.07, 6.45) is 62.2. The van der Waals surface area contributed by atoms with E-state index < -0.39 is 32.5 Å². The number of carbonyl (C=O) groups is 2. The molecule has 8 nitrogen and oxygen atoms in total. The Kier molecular flexibility index (Phi) is 40.4. The topological polar surface area (TPSA) is 119 Å². The van der Waals surface area contributed by atoms with Crippen molar-refractivity contribution >= 4 is 19.8 Å². The lowest BCUT2D eigenvalue weighted by atomic mass is 10.1. The van der Waals surface area contributed by atoms with Gasteiger partial charge in [-0.3, -0.25) is 14.1 Å². The van der Waals surface area contributed by atoms with Crippen LogP contribution in [0.15, 0.2) is 122 Å². The summed E-state index contributed by atoms with van der Waals surface area (Å²) in [6, 6.07) is 0. The predicted molar refractivity (Wildman–Crippen MR) is 243 cm³/mol. The van der Waals surface area contributed by atoms with Crippen molar-refractivity contribution in [3.05, 3.63) is 122 Å². The van der Waals surface area contributed by atoms with Gasteiger partial charge in [-0.25, -0.2) is 4.57 Å². The van der Waals surface area contributed by atoms with E-state index in [0.717, 1.165) is 89.9 Å². The van der Waals surface area contributed by atoms with Crippen LogP contribution in [0.1, 0.15) is 155 Å². The minimum Gasteiger partial charge on any atom is -0.462 e. The van der Waals surface area contributed by atoms with Gasteiger partial charge >= 0.3 is 19.8 Å². The monoisotopic (exact) mass is 825 g/mol. The molecule has 1 atom stereocenters. The number of unbranched alkanes of at least 4 members (excludes halogenated alkanes) is 8. The first-order valence-corrected chi connectivity index (χ1v) is 23.4. The van der Waals surface area contributed by atoms with Crippen LogP contribution in [0.2, 0.25) is 0 Å². The van der Waals surface area contributed by atoms with Crippen LogP contribution in [0, 0.1) is 0 Å². The number of hydrogen-bond acceptors (Lipinski definition) is 6. The summed E-state index contributed by atoms with van der Waals surface area (Å²) in [5.74, 6) is -1.00. The highest BCUT2D eigenvalue weighted by Crippen LogP contribution is 2.36. The van der Waals surface area contributed by atoms with Crippen molar-refractivity contribution in [2.75, 3.05) is 13.2 Å². The first-order valence-electron chi connectivity index (χ1n) is 21.8. The van der Waals surface area contributed by atoms with E-state index in [0.29, 0.717) is 12.8 Å². The fourth-order valence-electron chi connectivity index (χ4n) is 5.33. The third-order valence-corrected chi connectivity index (χ3v) is 8.97. The lowest BCUT2D eigenvalue weighted by Gasteiger charge is -2.18. The third kappa shape index (κ3) is 45.2. The highest BCUT2D eigenvalue weighted by molar-refractivity contribution is 7.46. The molecular formula is C49H77O8P. The van der Waals surface area contributed by atoms with Gasteiger partial charge in [0.2, 0.25) is 0 Å². The summed E-state index contributed by atoms with van der Waals surface area (Å²) in [4.78, 5) is 42.9. The Morgan fingerprint density at radius 1 is 0.448 bits per heavy atom. The lowest BCUT2D eigenvalue weighted by Crippen LogP contribution is -2.29. The first-order chi connectivity index (χ1) is 28.3. The average molecular weight is 825 g/mol. The molecule has 0 bridgehead atoms. The van der Waals surface area contributed by atoms with Crippen LogP contribution in [-0.2, 0) is 28.2 Å². The number of carbonyl (C=O) groups excluding carboxylic acids is 2. The first kappa shape index (κ1) is 54.5. The zero-order chi connectivity index (χ0) is 42.5. The van der Waals surface area contributed by atoms with Crippen molar-refractivity contribution in [3.63, 3.8) is 0 Å². The van der Waals surface area contributed by atoms with Gasteiger partial charge in [0.15, 0.2) is 6.10 Å². The zero-order valence-corrected chi connectivity index (χ0v) is 36.8. The Bertz CT molecular complexity index is 1340. The zero-order valence-electron chi connectivity index (χ0n) is 35.9. The molecule has 326 valence electrons. The van der Waals surface area contributed by atoms with Crippen LogP contribution in [0.5, 0.6) is 0 Å². The molecule has 2 N–H and O–H groups in total. The van der Waals surface area contributed by atoms with E-state index in [4.69, 9.17) is 19.3 Å². The number of ether oxygens (including phenoxy) is 2. The maximum absolute atomic E-state index is 12.4. The third-order valence-electron chi connectivity index (χ3n) is 8.49. The number of allylic oxidation sites excluding steroid dienone is 20. The molecule has 0 rings (SSSR count). The van der Waals surface area contributed by atoms with Gasteiger partial charge in [0.25, 0.3) is 0 Å². The Morgan fingerprint density at radius 3 is 1.22 bits per heavy atom. The molecule has 0 amide bonds. The second-order valence-electron chi connectivity index (χ2n) is 13.9. The minimum absolute atomic E-state index is 0.0772. The molecule has 9 heteroatoms. The molecule has 0 saturated heterocycles. The van der Waals surface area contributed by atoms with E-state index in [9.17, 15) is 14.2 Å². The van der Waals surface area contributed by atoms with E-state index in [1.165, 1.54) is 25.7 Å². The molecule has 1 unspecified atom stereocenters. The van der Waals surface area contributed by atoms with Gasteiger partial charge in [-0.15, -0.1) is 0 Å². The molecule has 0 aliphatic rings. The van der Waals surface area contributed by atoms with Crippen LogP contribution in [0.3, 0.4) is 0 Å². The normalized spacial score (nSPS) is 13.7. The fraction of sp³-hybridized carbons (Fsp3) is 0.551. The Labute approximate surface area is 352 Å². The molecule has 0 fully saturated rings. The van der Waals surface area contributed by atoms with Crippen LogP contribution in [-0.4, -0.2) is 41.0 Å². The SMILES string of the molecule is CC/C=C\C/C=C\C/C=C\C/C=C\C/C=C\C/C=C\CCC(=O)OC(COC(=O)CCCCCCCCCC/C=C\C/C=C\C/C=C\C/C=C\CC)COP(=O)(O)O. The number of phosphoric acid groups is 1. The van der Waals surface area contributed by atoms with Crippen LogP contribution in [0.25, 0.3) is 0 Å². The molecule has 0 aliphatic heterocycles. The molecule has 0 heterocycles. The molecule has 0 aromatic carbocycles. The summed E-state index contributed by atoms with van der Waals surface area (Å²) in [7, 11) is -4.79. The second-order valence-corrected chi connectivity index (χ2v) is 15.1. The Hall–Kier alpha value is -3.55. The van der Waals surface area contributed by atoms with Gasteiger partial charge in [-0.1, -0.05) is 174 Å². The number of hydrogen-bond donors (Lipinski definition) is 2. The molecule has 0 aromatic rings. The number of esters is 2. The summed E-state index contributed by atoms with van der Waals surface area (Å²) in [5, 5.41) is 0. The van der Waals surface area contributed by atoms with Gasteiger partial charge in [-0.05, 0) is 89.9 Å². The van der Waals surface area contributed by atoms with Crippen molar-refractivity contribution < 1.29 is 37.9 Å². The second kappa shape index (κ2) is 43.0. The summed E-state index contributed by atoms with van der Waals surface area (Å²) >= 11 is 0. The molecule has 0 aliphatic carbocycles. The molecule has 0 radical (unpaired) electrons. The number of rotatable bonds is 38.